The molecule has 3 aromatic carbocycles. The normalized spacial score (nSPS) is 15.7. The number of hydrogen-bond acceptors (Lipinski definition) is 4. The van der Waals surface area contributed by atoms with Crippen molar-refractivity contribution < 1.29 is 4.79 Å². The van der Waals surface area contributed by atoms with Crippen molar-refractivity contribution in [1.29, 1.82) is 0 Å². The molecule has 6 rings (SSSR count). The number of aromatic nitrogens is 1. The third-order valence-electron chi connectivity index (χ3n) is 6.59. The Hall–Kier alpha value is -3.34. The fourth-order valence-corrected chi connectivity index (χ4v) is 6.23. The highest BCUT2D eigenvalue weighted by Gasteiger charge is 2.31. The topological polar surface area (TPSA) is 33.2 Å². The zero-order valence-corrected chi connectivity index (χ0v) is 20.6. The first kappa shape index (κ1) is 22.1. The Morgan fingerprint density at radius 1 is 0.914 bits per heavy atom. The molecule has 5 heteroatoms. The summed E-state index contributed by atoms with van der Waals surface area (Å²) in [5.41, 5.74) is 6.27. The summed E-state index contributed by atoms with van der Waals surface area (Å²) in [4.78, 5) is 21.4. The number of Topliss-reactive ketones (excluding diaryl/α,β-unsaturated/α-hetero) is 1. The van der Waals surface area contributed by atoms with E-state index in [1.54, 1.807) is 11.8 Å². The maximum Gasteiger partial charge on any atom is 0.192 e. The first-order valence-electron chi connectivity index (χ1n) is 11.8. The molecule has 0 fully saturated rings. The molecule has 0 spiro atoms. The average Bonchev–Trinajstić information content (AvgIpc) is 3.20. The van der Waals surface area contributed by atoms with Crippen LogP contribution < -0.4 is 0 Å². The molecule has 4 aromatic rings. The van der Waals surface area contributed by atoms with Crippen LogP contribution in [0.1, 0.15) is 35.2 Å². The fourth-order valence-electron chi connectivity index (χ4n) is 4.86. The zero-order valence-electron chi connectivity index (χ0n) is 19.1. The van der Waals surface area contributed by atoms with Crippen molar-refractivity contribution in [2.45, 2.75) is 19.3 Å². The fraction of sp³-hybridized carbons (Fsp3) is 0.133. The zero-order chi connectivity index (χ0) is 23.8. The van der Waals surface area contributed by atoms with Gasteiger partial charge < -0.3 is 4.90 Å². The number of hydrogen-bond donors (Lipinski definition) is 0. The highest BCUT2D eigenvalue weighted by atomic mass is 35.5. The lowest BCUT2D eigenvalue weighted by molar-refractivity contribution is 0.103. The standard InChI is InChI=1S/C30H23ClN2OS/c31-25-15-6-4-13-22(25)27-18-24(21-12-5-7-16-26(21)32-27)29(34)23-14-8-9-17-33-28(19-35-30(23)33)20-10-2-1-3-11-20/h1-7,10-13,15-16,18-19H,8-9,14,17H2. The molecule has 0 atom stereocenters. The molecule has 0 saturated carbocycles. The Morgan fingerprint density at radius 2 is 1.69 bits per heavy atom. The van der Waals surface area contributed by atoms with Gasteiger partial charge >= 0.3 is 0 Å². The van der Waals surface area contributed by atoms with Crippen molar-refractivity contribution in [3.63, 3.8) is 0 Å². The Morgan fingerprint density at radius 3 is 2.54 bits per heavy atom. The van der Waals surface area contributed by atoms with E-state index >= 15 is 0 Å². The van der Waals surface area contributed by atoms with Crippen molar-refractivity contribution >= 4 is 45.7 Å². The van der Waals surface area contributed by atoms with Crippen LogP contribution in [0.25, 0.3) is 27.9 Å². The van der Waals surface area contributed by atoms with E-state index in [0.29, 0.717) is 10.6 Å². The first-order valence-corrected chi connectivity index (χ1v) is 13.1. The van der Waals surface area contributed by atoms with Gasteiger partial charge in [0, 0.05) is 39.1 Å². The minimum absolute atomic E-state index is 0.0778. The molecule has 0 radical (unpaired) electrons. The maximum atomic E-state index is 14.2. The van der Waals surface area contributed by atoms with Gasteiger partial charge in [-0.2, -0.15) is 0 Å². The average molecular weight is 495 g/mol. The molecule has 0 unspecified atom stereocenters. The minimum Gasteiger partial charge on any atom is -0.335 e. The SMILES string of the molecule is O=C(C1=C2SC=C(c3ccccc3)N2CCCC1)c1cc(-c2ccccc2Cl)nc2ccccc12. The molecule has 2 aliphatic heterocycles. The lowest BCUT2D eigenvalue weighted by Crippen LogP contribution is -2.19. The monoisotopic (exact) mass is 494 g/mol. The van der Waals surface area contributed by atoms with Gasteiger partial charge in [0.05, 0.1) is 21.9 Å². The summed E-state index contributed by atoms with van der Waals surface area (Å²) in [6, 6.07) is 27.9. The van der Waals surface area contributed by atoms with E-state index < -0.39 is 0 Å². The molecule has 0 aliphatic carbocycles. The summed E-state index contributed by atoms with van der Waals surface area (Å²) in [6.07, 6.45) is 2.81. The van der Waals surface area contributed by atoms with Gasteiger partial charge in [-0.3, -0.25) is 4.79 Å². The molecular weight excluding hydrogens is 472 g/mol. The Balaban J connectivity index is 1.48. The number of carbonyl (C=O) groups excluding carboxylic acids is 1. The van der Waals surface area contributed by atoms with E-state index in [0.717, 1.165) is 58.6 Å². The number of ketones is 1. The van der Waals surface area contributed by atoms with E-state index in [4.69, 9.17) is 16.6 Å². The summed E-state index contributed by atoms with van der Waals surface area (Å²) in [5.74, 6) is 0.0778. The van der Waals surface area contributed by atoms with Gasteiger partial charge in [0.1, 0.15) is 0 Å². The predicted molar refractivity (Wildman–Crippen MR) is 146 cm³/mol. The number of allylic oxidation sites excluding steroid dienone is 1. The predicted octanol–water partition coefficient (Wildman–Crippen LogP) is 8.18. The van der Waals surface area contributed by atoms with Crippen molar-refractivity contribution in [3.05, 3.63) is 117 Å². The molecule has 2 aliphatic rings. The van der Waals surface area contributed by atoms with Crippen LogP contribution in [0.3, 0.4) is 0 Å². The third-order valence-corrected chi connectivity index (χ3v) is 7.95. The van der Waals surface area contributed by atoms with Gasteiger partial charge in [-0.05, 0) is 43.0 Å². The van der Waals surface area contributed by atoms with Crippen LogP contribution in [0.4, 0.5) is 0 Å². The molecule has 0 bridgehead atoms. The number of rotatable bonds is 4. The van der Waals surface area contributed by atoms with E-state index in [-0.39, 0.29) is 5.78 Å². The molecular formula is C30H23ClN2OS. The van der Waals surface area contributed by atoms with E-state index in [9.17, 15) is 4.79 Å². The van der Waals surface area contributed by atoms with Crippen LogP contribution in [-0.2, 0) is 0 Å². The van der Waals surface area contributed by atoms with Gasteiger partial charge in [0.25, 0.3) is 0 Å². The van der Waals surface area contributed by atoms with Gasteiger partial charge in [-0.1, -0.05) is 90.1 Å². The van der Waals surface area contributed by atoms with Crippen molar-refractivity contribution in [3.8, 4) is 11.3 Å². The number of benzene rings is 3. The lowest BCUT2D eigenvalue weighted by atomic mass is 9.95. The van der Waals surface area contributed by atoms with E-state index in [1.807, 2.05) is 60.7 Å². The largest absolute Gasteiger partial charge is 0.335 e. The van der Waals surface area contributed by atoms with Crippen LogP contribution in [0.2, 0.25) is 5.02 Å². The van der Waals surface area contributed by atoms with Gasteiger partial charge in [0.2, 0.25) is 0 Å². The Kier molecular flexibility index (Phi) is 5.93. The molecule has 172 valence electrons. The molecule has 0 N–H and O–H groups in total. The summed E-state index contributed by atoms with van der Waals surface area (Å²) in [6.45, 7) is 0.918. The van der Waals surface area contributed by atoms with E-state index in [1.165, 1.54) is 11.3 Å². The lowest BCUT2D eigenvalue weighted by Gasteiger charge is -2.23. The van der Waals surface area contributed by atoms with Crippen molar-refractivity contribution in [2.24, 2.45) is 0 Å². The van der Waals surface area contributed by atoms with Gasteiger partial charge in [-0.15, -0.1) is 0 Å². The second kappa shape index (κ2) is 9.37. The minimum atomic E-state index is 0.0778. The van der Waals surface area contributed by atoms with Crippen molar-refractivity contribution in [2.75, 3.05) is 6.54 Å². The molecule has 1 aromatic heterocycles. The molecule has 3 nitrogen and oxygen atoms in total. The third kappa shape index (κ3) is 4.07. The van der Waals surface area contributed by atoms with Crippen LogP contribution in [0, 0.1) is 0 Å². The summed E-state index contributed by atoms with van der Waals surface area (Å²) < 4.78 is 0. The summed E-state index contributed by atoms with van der Waals surface area (Å²) >= 11 is 8.18. The number of nitrogens with zero attached hydrogens (tertiary/aromatic N) is 2. The maximum absolute atomic E-state index is 14.2. The first-order chi connectivity index (χ1) is 17.2. The van der Waals surface area contributed by atoms with Gasteiger partial charge in [-0.25, -0.2) is 4.98 Å². The number of halogens is 1. The highest BCUT2D eigenvalue weighted by molar-refractivity contribution is 8.06. The number of thioether (sulfide) groups is 1. The molecule has 3 heterocycles. The molecule has 35 heavy (non-hydrogen) atoms. The Labute approximate surface area is 214 Å². The quantitative estimate of drug-likeness (QED) is 0.268. The van der Waals surface area contributed by atoms with Crippen LogP contribution in [0.15, 0.2) is 101 Å². The highest BCUT2D eigenvalue weighted by Crippen LogP contribution is 2.44. The summed E-state index contributed by atoms with van der Waals surface area (Å²) in [5, 5.41) is 4.74. The second-order valence-corrected chi connectivity index (χ2v) is 10.0. The van der Waals surface area contributed by atoms with Crippen LogP contribution in [0.5, 0.6) is 0 Å². The smallest absolute Gasteiger partial charge is 0.192 e. The number of fused-ring (bicyclic) bond motifs is 2. The Bertz CT molecular complexity index is 1510. The molecule has 0 saturated heterocycles. The second-order valence-electron chi connectivity index (χ2n) is 8.76. The van der Waals surface area contributed by atoms with Crippen molar-refractivity contribution in [1.82, 2.24) is 9.88 Å². The van der Waals surface area contributed by atoms with Crippen LogP contribution in [-0.4, -0.2) is 22.2 Å². The van der Waals surface area contributed by atoms with Gasteiger partial charge in [0.15, 0.2) is 5.78 Å². The number of pyridine rings is 1. The van der Waals surface area contributed by atoms with Crippen LogP contribution >= 0.6 is 23.4 Å². The summed E-state index contributed by atoms with van der Waals surface area (Å²) in [7, 11) is 0. The van der Waals surface area contributed by atoms with E-state index in [2.05, 4.69) is 34.6 Å². The molecule has 0 amide bonds. The number of carbonyl (C=O) groups is 1. The number of para-hydroxylation sites is 1.